The molecule has 5 heteroatoms. The number of likely N-dealkylation sites (N-methyl/N-ethyl adjacent to an activating group) is 1. The highest BCUT2D eigenvalue weighted by Crippen LogP contribution is 2.11. The molecular formula is C16H19N3O2. The fraction of sp³-hybridized carbons (Fsp3) is 0.250. The molecule has 1 amide bonds. The number of hydrogen-bond acceptors (Lipinski definition) is 4. The molecule has 2 rings (SSSR count). The summed E-state index contributed by atoms with van der Waals surface area (Å²) in [6.45, 7) is 2.86. The number of hydrogen-bond donors (Lipinski definition) is 2. The maximum Gasteiger partial charge on any atom is 0.239 e. The molecule has 1 aromatic heterocycles. The molecule has 0 unspecified atom stereocenters. The minimum atomic E-state index is -0.104. The van der Waals surface area contributed by atoms with Crippen LogP contribution in [0.4, 0.5) is 5.82 Å². The first-order valence-electron chi connectivity index (χ1n) is 6.72. The van der Waals surface area contributed by atoms with Gasteiger partial charge in [-0.1, -0.05) is 18.2 Å². The van der Waals surface area contributed by atoms with Gasteiger partial charge in [-0.05, 0) is 43.3 Å². The summed E-state index contributed by atoms with van der Waals surface area (Å²) in [4.78, 5) is 18.0. The highest BCUT2D eigenvalue weighted by Gasteiger charge is 2.08. The Morgan fingerprint density at radius 1 is 1.24 bits per heavy atom. The van der Waals surface area contributed by atoms with Crippen molar-refractivity contribution in [3.05, 3.63) is 53.7 Å². The molecule has 1 aromatic carbocycles. The van der Waals surface area contributed by atoms with Crippen molar-refractivity contribution in [2.45, 2.75) is 13.5 Å². The zero-order valence-corrected chi connectivity index (χ0v) is 12.2. The van der Waals surface area contributed by atoms with E-state index in [4.69, 9.17) is 0 Å². The van der Waals surface area contributed by atoms with E-state index in [2.05, 4.69) is 10.3 Å². The van der Waals surface area contributed by atoms with Gasteiger partial charge in [-0.2, -0.15) is 0 Å². The van der Waals surface area contributed by atoms with Gasteiger partial charge in [0.1, 0.15) is 11.6 Å². The van der Waals surface area contributed by atoms with Crippen LogP contribution in [0.3, 0.4) is 0 Å². The summed E-state index contributed by atoms with van der Waals surface area (Å²) < 4.78 is 0. The second-order valence-corrected chi connectivity index (χ2v) is 5.11. The third-order valence-corrected chi connectivity index (χ3v) is 2.98. The Labute approximate surface area is 124 Å². The Bertz CT molecular complexity index is 594. The fourth-order valence-electron chi connectivity index (χ4n) is 1.94. The number of aromatic hydroxyl groups is 1. The number of rotatable bonds is 5. The van der Waals surface area contributed by atoms with Crippen molar-refractivity contribution < 1.29 is 9.90 Å². The maximum absolute atomic E-state index is 11.9. The first-order valence-corrected chi connectivity index (χ1v) is 6.72. The average Bonchev–Trinajstić information content (AvgIpc) is 2.44. The van der Waals surface area contributed by atoms with E-state index in [-0.39, 0.29) is 18.2 Å². The van der Waals surface area contributed by atoms with Crippen molar-refractivity contribution in [1.29, 1.82) is 0 Å². The van der Waals surface area contributed by atoms with Crippen molar-refractivity contribution >= 4 is 11.7 Å². The smallest absolute Gasteiger partial charge is 0.239 e. The fourth-order valence-corrected chi connectivity index (χ4v) is 1.94. The lowest BCUT2D eigenvalue weighted by Crippen LogP contribution is -2.30. The number of nitrogens with zero attached hydrogens (tertiary/aromatic N) is 2. The van der Waals surface area contributed by atoms with Gasteiger partial charge < -0.3 is 10.4 Å². The van der Waals surface area contributed by atoms with Gasteiger partial charge in [-0.3, -0.25) is 9.69 Å². The van der Waals surface area contributed by atoms with E-state index in [0.29, 0.717) is 12.4 Å². The Balaban J connectivity index is 1.84. The van der Waals surface area contributed by atoms with Crippen LogP contribution >= 0.6 is 0 Å². The van der Waals surface area contributed by atoms with Crippen LogP contribution in [0.2, 0.25) is 0 Å². The zero-order valence-electron chi connectivity index (χ0n) is 12.2. The molecule has 0 radical (unpaired) electrons. The molecule has 1 heterocycles. The largest absolute Gasteiger partial charge is 0.508 e. The standard InChI is InChI=1S/C16H19N3O2/c1-12-3-8-15(17-9-12)18-16(21)11-19(2)10-13-4-6-14(20)7-5-13/h3-9,20H,10-11H2,1-2H3,(H,17,18,21). The lowest BCUT2D eigenvalue weighted by Gasteiger charge is -2.16. The number of phenolic OH excluding ortho intramolecular Hbond substituents is 1. The lowest BCUT2D eigenvalue weighted by atomic mass is 10.2. The number of carbonyl (C=O) groups excluding carboxylic acids is 1. The minimum Gasteiger partial charge on any atom is -0.508 e. The topological polar surface area (TPSA) is 65.5 Å². The highest BCUT2D eigenvalue weighted by molar-refractivity contribution is 5.91. The zero-order chi connectivity index (χ0) is 15.2. The monoisotopic (exact) mass is 285 g/mol. The number of aryl methyl sites for hydroxylation is 1. The third kappa shape index (κ3) is 4.89. The molecule has 21 heavy (non-hydrogen) atoms. The average molecular weight is 285 g/mol. The van der Waals surface area contributed by atoms with Crippen LogP contribution in [0.1, 0.15) is 11.1 Å². The first-order chi connectivity index (χ1) is 10.0. The Morgan fingerprint density at radius 3 is 2.57 bits per heavy atom. The molecule has 0 aliphatic heterocycles. The van der Waals surface area contributed by atoms with E-state index >= 15 is 0 Å². The molecule has 0 atom stereocenters. The lowest BCUT2D eigenvalue weighted by molar-refractivity contribution is -0.117. The number of nitrogens with one attached hydrogen (secondary N) is 1. The molecular weight excluding hydrogens is 266 g/mol. The van der Waals surface area contributed by atoms with E-state index in [1.165, 1.54) is 0 Å². The summed E-state index contributed by atoms with van der Waals surface area (Å²) in [6, 6.07) is 10.6. The number of aromatic nitrogens is 1. The van der Waals surface area contributed by atoms with Crippen molar-refractivity contribution in [1.82, 2.24) is 9.88 Å². The summed E-state index contributed by atoms with van der Waals surface area (Å²) in [5.41, 5.74) is 2.09. The van der Waals surface area contributed by atoms with E-state index in [1.807, 2.05) is 37.1 Å². The SMILES string of the molecule is Cc1ccc(NC(=O)CN(C)Cc2ccc(O)cc2)nc1. The Hall–Kier alpha value is -2.40. The summed E-state index contributed by atoms with van der Waals surface area (Å²) in [5, 5.41) is 12.0. The molecule has 2 N–H and O–H groups in total. The van der Waals surface area contributed by atoms with Crippen molar-refractivity contribution in [3.8, 4) is 5.75 Å². The normalized spacial score (nSPS) is 10.6. The van der Waals surface area contributed by atoms with Gasteiger partial charge in [0.25, 0.3) is 0 Å². The number of carbonyl (C=O) groups is 1. The van der Waals surface area contributed by atoms with Crippen molar-refractivity contribution in [2.24, 2.45) is 0 Å². The molecule has 0 spiro atoms. The molecule has 0 bridgehead atoms. The summed E-state index contributed by atoms with van der Waals surface area (Å²) in [5.74, 6) is 0.695. The van der Waals surface area contributed by atoms with E-state index in [0.717, 1.165) is 11.1 Å². The van der Waals surface area contributed by atoms with Crippen LogP contribution in [-0.4, -0.2) is 34.5 Å². The van der Waals surface area contributed by atoms with Crippen molar-refractivity contribution in [2.75, 3.05) is 18.9 Å². The Kier molecular flexibility index (Phi) is 4.90. The van der Waals surface area contributed by atoms with Crippen LogP contribution in [0.5, 0.6) is 5.75 Å². The van der Waals surface area contributed by atoms with Gasteiger partial charge in [-0.15, -0.1) is 0 Å². The van der Waals surface area contributed by atoms with Crippen LogP contribution in [-0.2, 0) is 11.3 Å². The van der Waals surface area contributed by atoms with Crippen LogP contribution < -0.4 is 5.32 Å². The number of anilines is 1. The summed E-state index contributed by atoms with van der Waals surface area (Å²) >= 11 is 0. The van der Waals surface area contributed by atoms with Gasteiger partial charge in [0.05, 0.1) is 6.54 Å². The van der Waals surface area contributed by atoms with E-state index in [1.54, 1.807) is 24.4 Å². The molecule has 0 aliphatic carbocycles. The van der Waals surface area contributed by atoms with Crippen LogP contribution in [0, 0.1) is 6.92 Å². The second kappa shape index (κ2) is 6.85. The van der Waals surface area contributed by atoms with Gasteiger partial charge in [-0.25, -0.2) is 4.98 Å². The molecule has 2 aromatic rings. The number of phenols is 1. The summed E-state index contributed by atoms with van der Waals surface area (Å²) in [6.07, 6.45) is 1.72. The summed E-state index contributed by atoms with van der Waals surface area (Å²) in [7, 11) is 1.87. The van der Waals surface area contributed by atoms with E-state index < -0.39 is 0 Å². The van der Waals surface area contributed by atoms with E-state index in [9.17, 15) is 9.90 Å². The molecule has 5 nitrogen and oxygen atoms in total. The third-order valence-electron chi connectivity index (χ3n) is 2.98. The highest BCUT2D eigenvalue weighted by atomic mass is 16.3. The van der Waals surface area contributed by atoms with Gasteiger partial charge in [0.2, 0.25) is 5.91 Å². The maximum atomic E-state index is 11.9. The number of pyridine rings is 1. The van der Waals surface area contributed by atoms with Gasteiger partial charge >= 0.3 is 0 Å². The van der Waals surface area contributed by atoms with Crippen molar-refractivity contribution in [3.63, 3.8) is 0 Å². The molecule has 0 saturated carbocycles. The Morgan fingerprint density at radius 2 is 1.95 bits per heavy atom. The molecule has 0 aliphatic rings. The van der Waals surface area contributed by atoms with Gasteiger partial charge in [0.15, 0.2) is 0 Å². The van der Waals surface area contributed by atoms with Gasteiger partial charge in [0, 0.05) is 12.7 Å². The number of amides is 1. The van der Waals surface area contributed by atoms with Crippen LogP contribution in [0.15, 0.2) is 42.6 Å². The molecule has 110 valence electrons. The quantitative estimate of drug-likeness (QED) is 0.883. The first kappa shape index (κ1) is 15.0. The predicted octanol–water partition coefficient (Wildman–Crippen LogP) is 2.17. The molecule has 0 saturated heterocycles. The van der Waals surface area contributed by atoms with Crippen LogP contribution in [0.25, 0.3) is 0 Å². The minimum absolute atomic E-state index is 0.104. The second-order valence-electron chi connectivity index (χ2n) is 5.11. The number of benzene rings is 1. The predicted molar refractivity (Wildman–Crippen MR) is 82.0 cm³/mol. The molecule has 0 fully saturated rings.